The lowest BCUT2D eigenvalue weighted by Crippen LogP contribution is -2.33. The molecule has 3 rings (SSSR count). The predicted octanol–water partition coefficient (Wildman–Crippen LogP) is 4.16. The van der Waals surface area contributed by atoms with Gasteiger partial charge in [0.1, 0.15) is 0 Å². The number of carbonyl (C=O) groups is 1. The molecule has 0 N–H and O–H groups in total. The lowest BCUT2D eigenvalue weighted by molar-refractivity contribution is 0.0763. The smallest absolute Gasteiger partial charge is 0.253 e. The molecule has 1 amide bonds. The van der Waals surface area contributed by atoms with Gasteiger partial charge < -0.3 is 4.90 Å². The number of nitrogens with zero attached hydrogens (tertiary/aromatic N) is 2. The van der Waals surface area contributed by atoms with Gasteiger partial charge in [-0.15, -0.1) is 0 Å². The Balaban J connectivity index is 1.63. The van der Waals surface area contributed by atoms with E-state index >= 15 is 0 Å². The number of rotatable bonds is 6. The molecule has 26 heavy (non-hydrogen) atoms. The first-order chi connectivity index (χ1) is 12.7. The SMILES string of the molecule is CCCN(CC)Cc1ccc(C(=O)N2CCc3ccccc3CC2)cc1. The topological polar surface area (TPSA) is 23.6 Å². The lowest BCUT2D eigenvalue weighted by atomic mass is 10.0. The lowest BCUT2D eigenvalue weighted by Gasteiger charge is -2.21. The van der Waals surface area contributed by atoms with Crippen LogP contribution in [0.4, 0.5) is 0 Å². The van der Waals surface area contributed by atoms with E-state index in [1.807, 2.05) is 17.0 Å². The predicted molar refractivity (Wildman–Crippen MR) is 107 cm³/mol. The molecule has 3 heteroatoms. The zero-order chi connectivity index (χ0) is 18.4. The van der Waals surface area contributed by atoms with Gasteiger partial charge in [0.25, 0.3) is 5.91 Å². The molecule has 1 aliphatic heterocycles. The van der Waals surface area contributed by atoms with Crippen molar-refractivity contribution < 1.29 is 4.79 Å². The summed E-state index contributed by atoms with van der Waals surface area (Å²) >= 11 is 0. The van der Waals surface area contributed by atoms with Gasteiger partial charge in [-0.25, -0.2) is 0 Å². The monoisotopic (exact) mass is 350 g/mol. The van der Waals surface area contributed by atoms with Crippen molar-refractivity contribution in [3.63, 3.8) is 0 Å². The summed E-state index contributed by atoms with van der Waals surface area (Å²) in [6.45, 7) is 9.15. The van der Waals surface area contributed by atoms with Crippen LogP contribution in [-0.4, -0.2) is 41.9 Å². The molecule has 0 saturated heterocycles. The van der Waals surface area contributed by atoms with Crippen LogP contribution in [0.2, 0.25) is 0 Å². The minimum atomic E-state index is 0.158. The molecule has 1 aliphatic rings. The van der Waals surface area contributed by atoms with Crippen LogP contribution in [0.3, 0.4) is 0 Å². The van der Waals surface area contributed by atoms with E-state index in [-0.39, 0.29) is 5.91 Å². The summed E-state index contributed by atoms with van der Waals surface area (Å²) in [4.78, 5) is 17.3. The molecule has 0 atom stereocenters. The molecule has 0 aliphatic carbocycles. The van der Waals surface area contributed by atoms with Gasteiger partial charge in [-0.2, -0.15) is 0 Å². The highest BCUT2D eigenvalue weighted by atomic mass is 16.2. The Kier molecular flexibility index (Phi) is 6.45. The molecule has 0 fully saturated rings. The van der Waals surface area contributed by atoms with Gasteiger partial charge in [0.2, 0.25) is 0 Å². The summed E-state index contributed by atoms with van der Waals surface area (Å²) in [6, 6.07) is 16.8. The van der Waals surface area contributed by atoms with Gasteiger partial charge in [-0.1, -0.05) is 50.2 Å². The molecule has 0 radical (unpaired) electrons. The molecule has 0 aromatic heterocycles. The molecule has 1 heterocycles. The molecule has 2 aromatic carbocycles. The summed E-state index contributed by atoms with van der Waals surface area (Å²) in [5.74, 6) is 0.158. The maximum absolute atomic E-state index is 12.9. The van der Waals surface area contributed by atoms with Gasteiger partial charge in [-0.05, 0) is 61.2 Å². The number of benzene rings is 2. The normalized spacial score (nSPS) is 14.2. The Hall–Kier alpha value is -2.13. The molecular weight excluding hydrogens is 320 g/mol. The summed E-state index contributed by atoms with van der Waals surface area (Å²) in [5, 5.41) is 0. The van der Waals surface area contributed by atoms with Crippen molar-refractivity contribution in [3.05, 3.63) is 70.8 Å². The summed E-state index contributed by atoms with van der Waals surface area (Å²) in [6.07, 6.45) is 3.06. The molecule has 0 saturated carbocycles. The maximum atomic E-state index is 12.9. The van der Waals surface area contributed by atoms with Gasteiger partial charge in [-0.3, -0.25) is 9.69 Å². The van der Waals surface area contributed by atoms with Crippen LogP contribution in [0.5, 0.6) is 0 Å². The van der Waals surface area contributed by atoms with Crippen molar-refractivity contribution in [3.8, 4) is 0 Å². The van der Waals surface area contributed by atoms with E-state index in [9.17, 15) is 4.79 Å². The Morgan fingerprint density at radius 3 is 2.12 bits per heavy atom. The average Bonchev–Trinajstić information content (AvgIpc) is 2.90. The van der Waals surface area contributed by atoms with Gasteiger partial charge in [0.15, 0.2) is 0 Å². The molecule has 138 valence electrons. The number of hydrogen-bond donors (Lipinski definition) is 0. The molecular formula is C23H30N2O. The first-order valence-electron chi connectivity index (χ1n) is 9.88. The quantitative estimate of drug-likeness (QED) is 0.781. The number of fused-ring (bicyclic) bond motifs is 1. The molecule has 3 nitrogen and oxygen atoms in total. The summed E-state index contributed by atoms with van der Waals surface area (Å²) in [5.41, 5.74) is 4.85. The van der Waals surface area contributed by atoms with Gasteiger partial charge >= 0.3 is 0 Å². The number of carbonyl (C=O) groups excluding carboxylic acids is 1. The van der Waals surface area contributed by atoms with E-state index in [2.05, 4.69) is 55.1 Å². The fraction of sp³-hybridized carbons (Fsp3) is 0.435. The van der Waals surface area contributed by atoms with E-state index < -0.39 is 0 Å². The van der Waals surface area contributed by atoms with E-state index in [0.29, 0.717) is 0 Å². The molecule has 0 bridgehead atoms. The van der Waals surface area contributed by atoms with Crippen LogP contribution in [0.1, 0.15) is 47.3 Å². The van der Waals surface area contributed by atoms with Crippen LogP contribution in [-0.2, 0) is 19.4 Å². The third kappa shape index (κ3) is 4.53. The van der Waals surface area contributed by atoms with E-state index in [0.717, 1.165) is 51.1 Å². The highest BCUT2D eigenvalue weighted by molar-refractivity contribution is 5.94. The summed E-state index contributed by atoms with van der Waals surface area (Å²) in [7, 11) is 0. The Bertz CT molecular complexity index is 696. The van der Waals surface area contributed by atoms with Crippen molar-refractivity contribution in [1.82, 2.24) is 9.80 Å². The Labute approximate surface area is 157 Å². The van der Waals surface area contributed by atoms with Crippen LogP contribution < -0.4 is 0 Å². The molecule has 2 aromatic rings. The number of hydrogen-bond acceptors (Lipinski definition) is 2. The fourth-order valence-electron chi connectivity index (χ4n) is 3.73. The molecule has 0 spiro atoms. The van der Waals surface area contributed by atoms with Crippen molar-refractivity contribution in [2.24, 2.45) is 0 Å². The largest absolute Gasteiger partial charge is 0.338 e. The Morgan fingerprint density at radius 1 is 0.962 bits per heavy atom. The third-order valence-electron chi connectivity index (χ3n) is 5.30. The van der Waals surface area contributed by atoms with Gasteiger partial charge in [0, 0.05) is 25.2 Å². The second kappa shape index (κ2) is 9.00. The van der Waals surface area contributed by atoms with Crippen LogP contribution in [0, 0.1) is 0 Å². The van der Waals surface area contributed by atoms with E-state index in [1.165, 1.54) is 23.1 Å². The minimum Gasteiger partial charge on any atom is -0.338 e. The standard InChI is InChI=1S/C23H30N2O/c1-3-15-24(4-2)18-19-9-11-22(12-10-19)23(26)25-16-13-20-7-5-6-8-21(20)14-17-25/h5-12H,3-4,13-18H2,1-2H3. The first-order valence-corrected chi connectivity index (χ1v) is 9.88. The fourth-order valence-corrected chi connectivity index (χ4v) is 3.73. The van der Waals surface area contributed by atoms with Crippen LogP contribution >= 0.6 is 0 Å². The van der Waals surface area contributed by atoms with Crippen molar-refractivity contribution in [2.75, 3.05) is 26.2 Å². The first kappa shape index (κ1) is 18.7. The zero-order valence-corrected chi connectivity index (χ0v) is 16.1. The molecule has 0 unspecified atom stereocenters. The van der Waals surface area contributed by atoms with Crippen LogP contribution in [0.25, 0.3) is 0 Å². The Morgan fingerprint density at radius 2 is 1.58 bits per heavy atom. The third-order valence-corrected chi connectivity index (χ3v) is 5.30. The zero-order valence-electron chi connectivity index (χ0n) is 16.1. The van der Waals surface area contributed by atoms with Crippen molar-refractivity contribution >= 4 is 5.91 Å². The summed E-state index contributed by atoms with van der Waals surface area (Å²) < 4.78 is 0. The van der Waals surface area contributed by atoms with Gasteiger partial charge in [0.05, 0.1) is 0 Å². The van der Waals surface area contributed by atoms with E-state index in [1.54, 1.807) is 0 Å². The number of amides is 1. The van der Waals surface area contributed by atoms with Crippen molar-refractivity contribution in [1.29, 1.82) is 0 Å². The van der Waals surface area contributed by atoms with E-state index in [4.69, 9.17) is 0 Å². The highest BCUT2D eigenvalue weighted by Gasteiger charge is 2.19. The maximum Gasteiger partial charge on any atom is 0.253 e. The highest BCUT2D eigenvalue weighted by Crippen LogP contribution is 2.18. The second-order valence-electron chi connectivity index (χ2n) is 7.13. The van der Waals surface area contributed by atoms with Crippen LogP contribution in [0.15, 0.2) is 48.5 Å². The van der Waals surface area contributed by atoms with Crippen molar-refractivity contribution in [2.45, 2.75) is 39.7 Å². The minimum absolute atomic E-state index is 0.158. The second-order valence-corrected chi connectivity index (χ2v) is 7.13. The average molecular weight is 351 g/mol.